The van der Waals surface area contributed by atoms with Crippen LogP contribution in [0.5, 0.6) is 0 Å². The fourth-order valence-corrected chi connectivity index (χ4v) is 4.33. The van der Waals surface area contributed by atoms with Crippen molar-refractivity contribution in [2.75, 3.05) is 13.1 Å². The van der Waals surface area contributed by atoms with E-state index in [0.29, 0.717) is 11.8 Å². The van der Waals surface area contributed by atoms with Gasteiger partial charge in [0.1, 0.15) is 0 Å². The van der Waals surface area contributed by atoms with Crippen molar-refractivity contribution in [3.63, 3.8) is 0 Å². The zero-order valence-electron chi connectivity index (χ0n) is 11.9. The third-order valence-electron chi connectivity index (χ3n) is 4.18. The van der Waals surface area contributed by atoms with Gasteiger partial charge in [0, 0.05) is 33.5 Å². The maximum absolute atomic E-state index is 4.67. The zero-order chi connectivity index (χ0) is 14.8. The summed E-state index contributed by atoms with van der Waals surface area (Å²) in [4.78, 5) is 4.67. The molecule has 0 radical (unpaired) electrons. The summed E-state index contributed by atoms with van der Waals surface area (Å²) in [6, 6.07) is 11.0. The molecule has 1 aliphatic heterocycles. The Morgan fingerprint density at radius 1 is 1.14 bits per heavy atom. The van der Waals surface area contributed by atoms with E-state index in [1.165, 1.54) is 16.8 Å². The van der Waals surface area contributed by atoms with E-state index in [4.69, 9.17) is 0 Å². The van der Waals surface area contributed by atoms with Gasteiger partial charge in [0.2, 0.25) is 0 Å². The molecule has 2 nitrogen and oxygen atoms in total. The molecule has 1 N–H and O–H groups in total. The SMILES string of the molecule is Cc1ccc(C2CNCCC2c2ncc(Br)cc2Br)cc1. The number of aryl methyl sites for hydroxylation is 1. The zero-order valence-corrected chi connectivity index (χ0v) is 15.1. The van der Waals surface area contributed by atoms with Crippen molar-refractivity contribution >= 4 is 31.9 Å². The minimum Gasteiger partial charge on any atom is -0.316 e. The van der Waals surface area contributed by atoms with Crippen LogP contribution in [0.1, 0.15) is 35.1 Å². The van der Waals surface area contributed by atoms with Crippen LogP contribution in [0.15, 0.2) is 45.5 Å². The third kappa shape index (κ3) is 3.38. The average molecular weight is 410 g/mol. The summed E-state index contributed by atoms with van der Waals surface area (Å²) in [5.74, 6) is 0.931. The van der Waals surface area contributed by atoms with Crippen molar-refractivity contribution < 1.29 is 0 Å². The fraction of sp³-hybridized carbons (Fsp3) is 0.353. The van der Waals surface area contributed by atoms with Crippen molar-refractivity contribution in [3.05, 3.63) is 62.3 Å². The standard InChI is InChI=1S/C17H18Br2N2/c1-11-2-4-12(5-3-11)15-10-20-7-6-14(15)17-16(19)8-13(18)9-21-17/h2-5,8-9,14-15,20H,6-7,10H2,1H3. The second-order valence-electron chi connectivity index (χ2n) is 5.64. The number of rotatable bonds is 2. The van der Waals surface area contributed by atoms with E-state index in [-0.39, 0.29) is 0 Å². The maximum atomic E-state index is 4.67. The molecular weight excluding hydrogens is 392 g/mol. The molecule has 1 saturated heterocycles. The second-order valence-corrected chi connectivity index (χ2v) is 7.41. The van der Waals surface area contributed by atoms with E-state index >= 15 is 0 Å². The largest absolute Gasteiger partial charge is 0.316 e. The molecule has 2 aromatic rings. The van der Waals surface area contributed by atoms with Gasteiger partial charge in [0.25, 0.3) is 0 Å². The highest BCUT2D eigenvalue weighted by Gasteiger charge is 2.30. The number of pyridine rings is 1. The van der Waals surface area contributed by atoms with Gasteiger partial charge in [-0.3, -0.25) is 4.98 Å². The summed E-state index contributed by atoms with van der Waals surface area (Å²) in [5.41, 5.74) is 3.88. The molecule has 0 saturated carbocycles. The molecule has 110 valence electrons. The Bertz CT molecular complexity index is 625. The van der Waals surface area contributed by atoms with Gasteiger partial charge in [-0.1, -0.05) is 29.8 Å². The summed E-state index contributed by atoms with van der Waals surface area (Å²) in [6.45, 7) is 4.20. The first-order chi connectivity index (χ1) is 10.1. The second kappa shape index (κ2) is 6.59. The molecule has 0 aliphatic carbocycles. The monoisotopic (exact) mass is 408 g/mol. The highest BCUT2D eigenvalue weighted by Crippen LogP contribution is 2.39. The first-order valence-electron chi connectivity index (χ1n) is 7.23. The van der Waals surface area contributed by atoms with Crippen molar-refractivity contribution in [2.45, 2.75) is 25.2 Å². The van der Waals surface area contributed by atoms with Crippen molar-refractivity contribution in [2.24, 2.45) is 0 Å². The molecule has 1 aliphatic rings. The Kier molecular flexibility index (Phi) is 4.77. The molecule has 2 heterocycles. The number of hydrogen-bond donors (Lipinski definition) is 1. The molecule has 1 aromatic carbocycles. The Balaban J connectivity index is 1.96. The van der Waals surface area contributed by atoms with Crippen LogP contribution in [-0.2, 0) is 0 Å². The average Bonchev–Trinajstić information content (AvgIpc) is 2.48. The minimum absolute atomic E-state index is 0.455. The summed E-state index contributed by atoms with van der Waals surface area (Å²) >= 11 is 7.16. The molecule has 0 bridgehead atoms. The molecule has 0 amide bonds. The van der Waals surface area contributed by atoms with Crippen LogP contribution in [0.25, 0.3) is 0 Å². The van der Waals surface area contributed by atoms with E-state index in [9.17, 15) is 0 Å². The summed E-state index contributed by atoms with van der Waals surface area (Å²) < 4.78 is 2.11. The lowest BCUT2D eigenvalue weighted by Crippen LogP contribution is -2.34. The lowest BCUT2D eigenvalue weighted by Gasteiger charge is -2.33. The van der Waals surface area contributed by atoms with Gasteiger partial charge < -0.3 is 5.32 Å². The van der Waals surface area contributed by atoms with E-state index in [0.717, 1.165) is 28.5 Å². The van der Waals surface area contributed by atoms with Crippen LogP contribution in [-0.4, -0.2) is 18.1 Å². The summed E-state index contributed by atoms with van der Waals surface area (Å²) in [7, 11) is 0. The number of halogens is 2. The molecule has 2 atom stereocenters. The highest BCUT2D eigenvalue weighted by atomic mass is 79.9. The first-order valence-corrected chi connectivity index (χ1v) is 8.82. The van der Waals surface area contributed by atoms with Gasteiger partial charge in [-0.05, 0) is 63.4 Å². The van der Waals surface area contributed by atoms with Crippen molar-refractivity contribution in [3.8, 4) is 0 Å². The van der Waals surface area contributed by atoms with E-state index in [1.54, 1.807) is 0 Å². The smallest absolute Gasteiger partial charge is 0.0584 e. The molecular formula is C17H18Br2N2. The molecule has 0 spiro atoms. The number of hydrogen-bond acceptors (Lipinski definition) is 2. The van der Waals surface area contributed by atoms with Crippen LogP contribution < -0.4 is 5.32 Å². The van der Waals surface area contributed by atoms with Gasteiger partial charge in [0.15, 0.2) is 0 Å². The normalized spacial score (nSPS) is 22.2. The number of nitrogens with one attached hydrogen (secondary N) is 1. The maximum Gasteiger partial charge on any atom is 0.0584 e. The van der Waals surface area contributed by atoms with E-state index in [2.05, 4.69) is 79.4 Å². The van der Waals surface area contributed by atoms with Gasteiger partial charge in [-0.25, -0.2) is 0 Å². The topological polar surface area (TPSA) is 24.9 Å². The molecule has 1 fully saturated rings. The van der Waals surface area contributed by atoms with Gasteiger partial charge in [0.05, 0.1) is 5.69 Å². The van der Waals surface area contributed by atoms with Crippen LogP contribution in [0.3, 0.4) is 0 Å². The molecule has 2 unspecified atom stereocenters. The van der Waals surface area contributed by atoms with E-state index < -0.39 is 0 Å². The number of nitrogens with zero attached hydrogens (tertiary/aromatic N) is 1. The Hall–Kier alpha value is -0.710. The van der Waals surface area contributed by atoms with Crippen LogP contribution in [0.4, 0.5) is 0 Å². The van der Waals surface area contributed by atoms with Gasteiger partial charge in [-0.15, -0.1) is 0 Å². The van der Waals surface area contributed by atoms with Crippen LogP contribution in [0.2, 0.25) is 0 Å². The minimum atomic E-state index is 0.455. The number of benzene rings is 1. The lowest BCUT2D eigenvalue weighted by molar-refractivity contribution is 0.397. The Labute approximate surface area is 142 Å². The molecule has 21 heavy (non-hydrogen) atoms. The Morgan fingerprint density at radius 2 is 1.90 bits per heavy atom. The predicted molar refractivity (Wildman–Crippen MR) is 93.8 cm³/mol. The highest BCUT2D eigenvalue weighted by molar-refractivity contribution is 9.11. The first kappa shape index (κ1) is 15.2. The Morgan fingerprint density at radius 3 is 2.62 bits per heavy atom. The third-order valence-corrected chi connectivity index (χ3v) is 5.24. The molecule has 4 heteroatoms. The van der Waals surface area contributed by atoms with Crippen LogP contribution >= 0.6 is 31.9 Å². The van der Waals surface area contributed by atoms with Crippen LogP contribution in [0, 0.1) is 6.92 Å². The summed E-state index contributed by atoms with van der Waals surface area (Å²) in [6.07, 6.45) is 3.01. The number of aromatic nitrogens is 1. The van der Waals surface area contributed by atoms with Gasteiger partial charge >= 0.3 is 0 Å². The fourth-order valence-electron chi connectivity index (χ4n) is 3.05. The summed E-state index contributed by atoms with van der Waals surface area (Å²) in [5, 5.41) is 3.53. The quantitative estimate of drug-likeness (QED) is 0.772. The molecule has 3 rings (SSSR count). The lowest BCUT2D eigenvalue weighted by atomic mass is 9.79. The molecule has 1 aromatic heterocycles. The van der Waals surface area contributed by atoms with Crippen molar-refractivity contribution in [1.29, 1.82) is 0 Å². The van der Waals surface area contributed by atoms with E-state index in [1.807, 2.05) is 6.20 Å². The van der Waals surface area contributed by atoms with Crippen molar-refractivity contribution in [1.82, 2.24) is 10.3 Å². The van der Waals surface area contributed by atoms with Gasteiger partial charge in [-0.2, -0.15) is 0 Å². The number of piperidine rings is 1. The predicted octanol–water partition coefficient (Wildman–Crippen LogP) is 4.78.